The Morgan fingerprint density at radius 3 is 2.34 bits per heavy atom. The normalized spacial score (nSPS) is 18.2. The summed E-state index contributed by atoms with van der Waals surface area (Å²) < 4.78 is 5.65. The average molecular weight is 413 g/mol. The van der Waals surface area contributed by atoms with E-state index in [2.05, 4.69) is 0 Å². The molecule has 4 rings (SSSR count). The predicted octanol–water partition coefficient (Wildman–Crippen LogP) is 5.54. The molecule has 0 atom stereocenters. The highest BCUT2D eigenvalue weighted by Crippen LogP contribution is 2.46. The van der Waals surface area contributed by atoms with Crippen LogP contribution in [0.1, 0.15) is 53.6 Å². The second kappa shape index (κ2) is 7.23. The lowest BCUT2D eigenvalue weighted by atomic mass is 9.82. The lowest BCUT2D eigenvalue weighted by Crippen LogP contribution is -2.34. The maximum Gasteiger partial charge on any atom is 0.343 e. The molecule has 6 heteroatoms. The van der Waals surface area contributed by atoms with Crippen LogP contribution in [-0.2, 0) is 9.53 Å². The van der Waals surface area contributed by atoms with Crippen molar-refractivity contribution < 1.29 is 24.5 Å². The summed E-state index contributed by atoms with van der Waals surface area (Å²) in [6, 6.07) is 9.95. The molecule has 2 aliphatic rings. The third-order valence-electron chi connectivity index (χ3n) is 5.85. The van der Waals surface area contributed by atoms with Crippen molar-refractivity contribution in [1.29, 1.82) is 0 Å². The van der Waals surface area contributed by atoms with Gasteiger partial charge in [0.25, 0.3) is 0 Å². The minimum Gasteiger partial charge on any atom is -0.507 e. The average Bonchev–Trinajstić information content (AvgIpc) is 2.93. The molecule has 2 aromatic carbocycles. The Labute approximate surface area is 173 Å². The number of halogens is 1. The van der Waals surface area contributed by atoms with Gasteiger partial charge >= 0.3 is 11.9 Å². The van der Waals surface area contributed by atoms with Crippen molar-refractivity contribution in [1.82, 2.24) is 0 Å². The topological polar surface area (TPSA) is 83.8 Å². The number of aliphatic hydroxyl groups excluding tert-OH is 1. The van der Waals surface area contributed by atoms with Gasteiger partial charge in [0.1, 0.15) is 5.57 Å². The van der Waals surface area contributed by atoms with Crippen molar-refractivity contribution in [2.75, 3.05) is 0 Å². The quantitative estimate of drug-likeness (QED) is 0.646. The molecule has 1 heterocycles. The van der Waals surface area contributed by atoms with E-state index in [0.717, 1.165) is 36.0 Å². The van der Waals surface area contributed by atoms with Crippen LogP contribution < -0.4 is 0 Å². The summed E-state index contributed by atoms with van der Waals surface area (Å²) in [6.45, 7) is 1.85. The number of carbonyl (C=O) groups excluding carboxylic acids is 1. The Kier molecular flexibility index (Phi) is 4.87. The molecule has 0 aromatic heterocycles. The van der Waals surface area contributed by atoms with Crippen LogP contribution >= 0.6 is 11.6 Å². The Morgan fingerprint density at radius 1 is 1.07 bits per heavy atom. The summed E-state index contributed by atoms with van der Waals surface area (Å²) in [6.07, 6.45) is 4.16. The molecule has 1 aliphatic heterocycles. The van der Waals surface area contributed by atoms with E-state index in [0.29, 0.717) is 23.4 Å². The molecule has 0 radical (unpaired) electrons. The molecule has 0 unspecified atom stereocenters. The van der Waals surface area contributed by atoms with Gasteiger partial charge in [-0.05, 0) is 73.6 Å². The zero-order chi connectivity index (χ0) is 20.8. The number of benzene rings is 2. The monoisotopic (exact) mass is 412 g/mol. The number of hydrogen-bond acceptors (Lipinski definition) is 4. The number of carbonyl (C=O) groups is 2. The summed E-state index contributed by atoms with van der Waals surface area (Å²) in [5.41, 5.74) is 2.33. The molecule has 1 saturated carbocycles. The number of aliphatic hydroxyl groups is 1. The molecule has 5 nitrogen and oxygen atoms in total. The lowest BCUT2D eigenvalue weighted by molar-refractivity contribution is -0.149. The summed E-state index contributed by atoms with van der Waals surface area (Å²) in [5.74, 6) is -1.49. The highest BCUT2D eigenvalue weighted by molar-refractivity contribution is 6.34. The molecule has 29 heavy (non-hydrogen) atoms. The van der Waals surface area contributed by atoms with Crippen LogP contribution in [0.2, 0.25) is 5.02 Å². The number of hydrogen-bond donors (Lipinski definition) is 2. The zero-order valence-corrected chi connectivity index (χ0v) is 16.8. The van der Waals surface area contributed by atoms with E-state index in [1.165, 1.54) is 12.1 Å². The van der Waals surface area contributed by atoms with E-state index in [1.807, 2.05) is 13.0 Å². The third kappa shape index (κ3) is 3.29. The minimum atomic E-state index is -0.993. The van der Waals surface area contributed by atoms with Crippen LogP contribution in [0, 0.1) is 6.92 Å². The Hall–Kier alpha value is -2.79. The van der Waals surface area contributed by atoms with Crippen molar-refractivity contribution >= 4 is 29.1 Å². The first-order valence-electron chi connectivity index (χ1n) is 9.64. The molecule has 1 spiro atoms. The van der Waals surface area contributed by atoms with Crippen LogP contribution in [-0.4, -0.2) is 27.8 Å². The molecule has 2 N–H and O–H groups in total. The number of carboxylic acid groups (broad SMARTS) is 1. The smallest absolute Gasteiger partial charge is 0.343 e. The number of esters is 1. The van der Waals surface area contributed by atoms with Crippen LogP contribution in [0.25, 0.3) is 16.7 Å². The van der Waals surface area contributed by atoms with Gasteiger partial charge in [-0.15, -0.1) is 0 Å². The van der Waals surface area contributed by atoms with Crippen LogP contribution in [0.4, 0.5) is 0 Å². The summed E-state index contributed by atoms with van der Waals surface area (Å²) >= 11 is 6.52. The maximum atomic E-state index is 12.6. The van der Waals surface area contributed by atoms with Crippen molar-refractivity contribution in [3.63, 3.8) is 0 Å². The van der Waals surface area contributed by atoms with Gasteiger partial charge < -0.3 is 14.9 Å². The van der Waals surface area contributed by atoms with Crippen LogP contribution in [0.3, 0.4) is 0 Å². The van der Waals surface area contributed by atoms with E-state index < -0.39 is 17.5 Å². The highest BCUT2D eigenvalue weighted by atomic mass is 35.5. The Bertz CT molecular complexity index is 1030. The second-order valence-corrected chi connectivity index (χ2v) is 8.10. The fraction of sp³-hybridized carbons (Fsp3) is 0.304. The molecule has 150 valence electrons. The van der Waals surface area contributed by atoms with Gasteiger partial charge in [0, 0.05) is 10.6 Å². The fourth-order valence-corrected chi connectivity index (χ4v) is 4.54. The molecule has 0 saturated heterocycles. The fourth-order valence-electron chi connectivity index (χ4n) is 4.26. The standard InChI is InChI=1S/C23H21ClO5/c1-13-11-17(14-5-7-15(8-6-14)21(26)27)18(24)12-16(13)19-20(25)23(29-22(19)28)9-3-2-4-10-23/h5-8,11-12,25H,2-4,9-10H2,1H3,(H,26,27). The van der Waals surface area contributed by atoms with Crippen molar-refractivity contribution in [2.24, 2.45) is 0 Å². The highest BCUT2D eigenvalue weighted by Gasteiger charge is 2.49. The van der Waals surface area contributed by atoms with Gasteiger partial charge in [-0.1, -0.05) is 30.2 Å². The van der Waals surface area contributed by atoms with Gasteiger partial charge in [0.2, 0.25) is 0 Å². The van der Waals surface area contributed by atoms with Crippen LogP contribution in [0.5, 0.6) is 0 Å². The van der Waals surface area contributed by atoms with Gasteiger partial charge in [0.15, 0.2) is 11.4 Å². The number of aromatic carboxylic acids is 1. The Balaban J connectivity index is 1.76. The minimum absolute atomic E-state index is 0.0138. The lowest BCUT2D eigenvalue weighted by Gasteiger charge is -2.31. The zero-order valence-electron chi connectivity index (χ0n) is 16.0. The predicted molar refractivity (Wildman–Crippen MR) is 110 cm³/mol. The van der Waals surface area contributed by atoms with E-state index in [4.69, 9.17) is 21.4 Å². The molecule has 1 fully saturated rings. The molecule has 0 amide bonds. The molecular formula is C23H21ClO5. The van der Waals surface area contributed by atoms with Gasteiger partial charge in [-0.25, -0.2) is 9.59 Å². The van der Waals surface area contributed by atoms with E-state index >= 15 is 0 Å². The number of ether oxygens (including phenoxy) is 1. The van der Waals surface area contributed by atoms with Crippen molar-refractivity contribution in [3.05, 3.63) is 63.9 Å². The van der Waals surface area contributed by atoms with Crippen molar-refractivity contribution in [3.8, 4) is 11.1 Å². The summed E-state index contributed by atoms with van der Waals surface area (Å²) in [5, 5.41) is 20.4. The van der Waals surface area contributed by atoms with E-state index in [-0.39, 0.29) is 16.9 Å². The largest absolute Gasteiger partial charge is 0.507 e. The van der Waals surface area contributed by atoms with Gasteiger partial charge in [-0.3, -0.25) is 0 Å². The third-order valence-corrected chi connectivity index (χ3v) is 6.16. The molecule has 2 aromatic rings. The SMILES string of the molecule is Cc1cc(-c2ccc(C(=O)O)cc2)c(Cl)cc1C1=C(O)C2(CCCCC2)OC1=O. The number of rotatable bonds is 3. The van der Waals surface area contributed by atoms with Crippen LogP contribution in [0.15, 0.2) is 42.2 Å². The first-order chi connectivity index (χ1) is 13.8. The van der Waals surface area contributed by atoms with Crippen molar-refractivity contribution in [2.45, 2.75) is 44.6 Å². The first kappa shape index (κ1) is 19.5. The number of carboxylic acids is 1. The number of aryl methyl sites for hydroxylation is 1. The maximum absolute atomic E-state index is 12.6. The Morgan fingerprint density at radius 2 is 1.72 bits per heavy atom. The van der Waals surface area contributed by atoms with Gasteiger partial charge in [-0.2, -0.15) is 0 Å². The molecule has 1 aliphatic carbocycles. The summed E-state index contributed by atoms with van der Waals surface area (Å²) in [7, 11) is 0. The van der Waals surface area contributed by atoms with E-state index in [9.17, 15) is 14.7 Å². The molecule has 0 bridgehead atoms. The summed E-state index contributed by atoms with van der Waals surface area (Å²) in [4.78, 5) is 23.7. The second-order valence-electron chi connectivity index (χ2n) is 7.70. The molecular weight excluding hydrogens is 392 g/mol. The van der Waals surface area contributed by atoms with Gasteiger partial charge in [0.05, 0.1) is 5.56 Å². The van der Waals surface area contributed by atoms with E-state index in [1.54, 1.807) is 18.2 Å². The first-order valence-corrected chi connectivity index (χ1v) is 10.0.